The van der Waals surface area contributed by atoms with E-state index in [4.69, 9.17) is 0 Å². The van der Waals surface area contributed by atoms with Crippen molar-refractivity contribution >= 4 is 17.2 Å². The van der Waals surface area contributed by atoms with E-state index in [2.05, 4.69) is 25.8 Å². The van der Waals surface area contributed by atoms with E-state index in [0.717, 1.165) is 10.7 Å². The van der Waals surface area contributed by atoms with E-state index in [1.807, 2.05) is 17.5 Å². The Morgan fingerprint density at radius 3 is 3.12 bits per heavy atom. The highest BCUT2D eigenvalue weighted by Gasteiger charge is 2.22. The van der Waals surface area contributed by atoms with E-state index in [9.17, 15) is 4.79 Å². The molecule has 1 unspecified atom stereocenters. The van der Waals surface area contributed by atoms with Crippen LogP contribution in [0, 0.1) is 0 Å². The number of amides is 1. The molecule has 0 spiro atoms. The van der Waals surface area contributed by atoms with Gasteiger partial charge >= 0.3 is 0 Å². The number of rotatable bonds is 2. The van der Waals surface area contributed by atoms with E-state index < -0.39 is 0 Å². The van der Waals surface area contributed by atoms with Crippen LogP contribution in [-0.2, 0) is 4.79 Å². The van der Waals surface area contributed by atoms with Crippen molar-refractivity contribution in [1.82, 2.24) is 25.8 Å². The Morgan fingerprint density at radius 1 is 1.47 bits per heavy atom. The Bertz CT molecular complexity index is 511. The van der Waals surface area contributed by atoms with Crippen molar-refractivity contribution in [3.05, 3.63) is 23.3 Å². The lowest BCUT2D eigenvalue weighted by Gasteiger charge is -2.21. The number of nitrogens with zero attached hydrogens (tertiary/aromatic N) is 2. The molecular formula is C10H11N5OS. The first-order valence-corrected chi connectivity index (χ1v) is 6.17. The molecule has 2 aromatic rings. The van der Waals surface area contributed by atoms with Gasteiger partial charge in [0.2, 0.25) is 5.91 Å². The molecule has 7 heteroatoms. The second-order valence-corrected chi connectivity index (χ2v) is 4.71. The molecule has 1 aliphatic rings. The average Bonchev–Trinajstić information content (AvgIpc) is 3.00. The summed E-state index contributed by atoms with van der Waals surface area (Å²) in [5.41, 5.74) is 0. The number of carbonyl (C=O) groups is 1. The zero-order chi connectivity index (χ0) is 11.7. The maximum atomic E-state index is 11.0. The molecule has 1 atom stereocenters. The topological polar surface area (TPSA) is 82.7 Å². The predicted octanol–water partition coefficient (Wildman–Crippen LogP) is 0.294. The third-order valence-electron chi connectivity index (χ3n) is 2.59. The highest BCUT2D eigenvalue weighted by Crippen LogP contribution is 2.21. The fourth-order valence-corrected chi connectivity index (χ4v) is 2.36. The first-order valence-electron chi connectivity index (χ1n) is 5.29. The Hall–Kier alpha value is -1.73. The van der Waals surface area contributed by atoms with Crippen LogP contribution >= 0.6 is 11.3 Å². The molecule has 1 aliphatic heterocycles. The minimum absolute atomic E-state index is 0.00825. The van der Waals surface area contributed by atoms with Crippen molar-refractivity contribution in [3.63, 3.8) is 0 Å². The van der Waals surface area contributed by atoms with Crippen molar-refractivity contribution in [2.75, 3.05) is 13.1 Å². The van der Waals surface area contributed by atoms with E-state index >= 15 is 0 Å². The number of aromatic amines is 1. The second-order valence-electron chi connectivity index (χ2n) is 3.76. The molecule has 0 saturated carbocycles. The summed E-state index contributed by atoms with van der Waals surface area (Å²) in [5, 5.41) is 15.0. The third kappa shape index (κ3) is 2.06. The SMILES string of the molecule is O=C1CNC(c2nc(-c3cccs3)n[nH]2)CN1. The summed E-state index contributed by atoms with van der Waals surface area (Å²) in [6.45, 7) is 0.859. The molecule has 6 nitrogen and oxygen atoms in total. The van der Waals surface area contributed by atoms with Gasteiger partial charge in [0, 0.05) is 6.54 Å². The number of hydrogen-bond donors (Lipinski definition) is 3. The maximum absolute atomic E-state index is 11.0. The lowest BCUT2D eigenvalue weighted by molar-refractivity contribution is -0.121. The fourth-order valence-electron chi connectivity index (χ4n) is 1.71. The van der Waals surface area contributed by atoms with Crippen LogP contribution in [0.5, 0.6) is 0 Å². The minimum atomic E-state index is 0.00825. The van der Waals surface area contributed by atoms with Gasteiger partial charge in [0.05, 0.1) is 17.5 Å². The first-order chi connectivity index (χ1) is 8.33. The predicted molar refractivity (Wildman–Crippen MR) is 63.4 cm³/mol. The van der Waals surface area contributed by atoms with E-state index in [1.54, 1.807) is 11.3 Å². The number of H-pyrrole nitrogens is 1. The number of hydrogen-bond acceptors (Lipinski definition) is 5. The van der Waals surface area contributed by atoms with Crippen LogP contribution in [0.1, 0.15) is 11.9 Å². The molecule has 0 radical (unpaired) electrons. The number of carbonyl (C=O) groups excluding carboxylic acids is 1. The second kappa shape index (κ2) is 4.27. The Balaban J connectivity index is 1.79. The molecule has 3 heterocycles. The number of piperazine rings is 1. The van der Waals surface area contributed by atoms with Gasteiger partial charge in [-0.15, -0.1) is 11.3 Å². The smallest absolute Gasteiger partial charge is 0.234 e. The van der Waals surface area contributed by atoms with Crippen molar-refractivity contribution in [3.8, 4) is 10.7 Å². The zero-order valence-corrected chi connectivity index (χ0v) is 9.75. The lowest BCUT2D eigenvalue weighted by Crippen LogP contribution is -2.47. The van der Waals surface area contributed by atoms with E-state index in [1.165, 1.54) is 0 Å². The summed E-state index contributed by atoms with van der Waals surface area (Å²) >= 11 is 1.60. The van der Waals surface area contributed by atoms with Crippen molar-refractivity contribution < 1.29 is 4.79 Å². The molecule has 3 N–H and O–H groups in total. The summed E-state index contributed by atoms with van der Waals surface area (Å²) in [6.07, 6.45) is 0. The van der Waals surface area contributed by atoms with Gasteiger partial charge in [0.15, 0.2) is 5.82 Å². The van der Waals surface area contributed by atoms with Crippen LogP contribution in [0.3, 0.4) is 0 Å². The summed E-state index contributed by atoms with van der Waals surface area (Å²) in [5.74, 6) is 1.47. The Kier molecular flexibility index (Phi) is 2.62. The molecule has 88 valence electrons. The molecule has 0 aliphatic carbocycles. The van der Waals surface area contributed by atoms with E-state index in [0.29, 0.717) is 18.9 Å². The van der Waals surface area contributed by atoms with Crippen LogP contribution in [0.15, 0.2) is 17.5 Å². The van der Waals surface area contributed by atoms with Gasteiger partial charge < -0.3 is 5.32 Å². The van der Waals surface area contributed by atoms with Crippen molar-refractivity contribution in [1.29, 1.82) is 0 Å². The van der Waals surface area contributed by atoms with E-state index in [-0.39, 0.29) is 11.9 Å². The lowest BCUT2D eigenvalue weighted by atomic mass is 10.2. The standard InChI is InChI=1S/C10H11N5OS/c16-8-5-11-6(4-12-8)9-13-10(15-14-9)7-2-1-3-17-7/h1-3,6,11H,4-5H2,(H,12,16)(H,13,14,15). The normalized spacial score (nSPS) is 20.2. The summed E-state index contributed by atoms with van der Waals surface area (Å²) in [7, 11) is 0. The number of thiophene rings is 1. The summed E-state index contributed by atoms with van der Waals surface area (Å²) < 4.78 is 0. The molecule has 3 rings (SSSR count). The van der Waals surface area contributed by atoms with Gasteiger partial charge in [-0.25, -0.2) is 4.98 Å². The van der Waals surface area contributed by atoms with Gasteiger partial charge in [-0.3, -0.25) is 15.2 Å². The third-order valence-corrected chi connectivity index (χ3v) is 3.45. The molecule has 17 heavy (non-hydrogen) atoms. The molecule has 1 amide bonds. The highest BCUT2D eigenvalue weighted by atomic mass is 32.1. The van der Waals surface area contributed by atoms with Crippen LogP contribution in [0.4, 0.5) is 0 Å². The zero-order valence-electron chi connectivity index (χ0n) is 8.93. The Labute approximate surface area is 101 Å². The van der Waals surface area contributed by atoms with Gasteiger partial charge in [0.25, 0.3) is 0 Å². The van der Waals surface area contributed by atoms with Crippen LogP contribution < -0.4 is 10.6 Å². The largest absolute Gasteiger partial charge is 0.353 e. The molecular weight excluding hydrogens is 238 g/mol. The minimum Gasteiger partial charge on any atom is -0.353 e. The number of nitrogens with one attached hydrogen (secondary N) is 3. The molecule has 1 saturated heterocycles. The molecule has 1 fully saturated rings. The van der Waals surface area contributed by atoms with Crippen LogP contribution in [0.25, 0.3) is 10.7 Å². The molecule has 0 aromatic carbocycles. The van der Waals surface area contributed by atoms with Crippen molar-refractivity contribution in [2.45, 2.75) is 6.04 Å². The summed E-state index contributed by atoms with van der Waals surface area (Å²) in [4.78, 5) is 16.5. The van der Waals surface area contributed by atoms with Gasteiger partial charge in [-0.1, -0.05) is 6.07 Å². The van der Waals surface area contributed by atoms with Crippen molar-refractivity contribution in [2.24, 2.45) is 0 Å². The molecule has 2 aromatic heterocycles. The fraction of sp³-hybridized carbons (Fsp3) is 0.300. The average molecular weight is 249 g/mol. The summed E-state index contributed by atoms with van der Waals surface area (Å²) in [6, 6.07) is 3.96. The number of aromatic nitrogens is 3. The quantitative estimate of drug-likeness (QED) is 0.714. The van der Waals surface area contributed by atoms with Crippen LogP contribution in [-0.4, -0.2) is 34.2 Å². The monoisotopic (exact) mass is 249 g/mol. The maximum Gasteiger partial charge on any atom is 0.234 e. The van der Waals surface area contributed by atoms with Gasteiger partial charge in [-0.05, 0) is 11.4 Å². The highest BCUT2D eigenvalue weighted by molar-refractivity contribution is 7.13. The first kappa shape index (κ1) is 10.4. The van der Waals surface area contributed by atoms with Crippen LogP contribution in [0.2, 0.25) is 0 Å². The Morgan fingerprint density at radius 2 is 2.41 bits per heavy atom. The molecule has 0 bridgehead atoms. The van der Waals surface area contributed by atoms with Gasteiger partial charge in [0.1, 0.15) is 5.82 Å². The van der Waals surface area contributed by atoms with Gasteiger partial charge in [-0.2, -0.15) is 5.10 Å².